The Bertz CT molecular complexity index is 472. The lowest BCUT2D eigenvalue weighted by molar-refractivity contribution is -0.123. The van der Waals surface area contributed by atoms with Gasteiger partial charge in [0.2, 0.25) is 0 Å². The summed E-state index contributed by atoms with van der Waals surface area (Å²) in [5.74, 6) is -0.272. The Morgan fingerprint density at radius 2 is 1.69 bits per heavy atom. The van der Waals surface area contributed by atoms with Crippen LogP contribution in [0.4, 0.5) is 0 Å². The summed E-state index contributed by atoms with van der Waals surface area (Å²) < 4.78 is 24.0. The van der Waals surface area contributed by atoms with E-state index in [1.165, 1.54) is 6.92 Å². The average molecular weight is 240 g/mol. The summed E-state index contributed by atoms with van der Waals surface area (Å²) in [4.78, 5) is 11.6. The van der Waals surface area contributed by atoms with Gasteiger partial charge in [0, 0.05) is 5.41 Å². The Hall–Kier alpha value is -1.16. The topological polar surface area (TPSA) is 51.2 Å². The summed E-state index contributed by atoms with van der Waals surface area (Å²) in [6.45, 7) is 4.71. The van der Waals surface area contributed by atoms with E-state index in [-0.39, 0.29) is 16.4 Å². The number of ketones is 1. The third-order valence-electron chi connectivity index (χ3n) is 2.61. The van der Waals surface area contributed by atoms with E-state index in [1.807, 2.05) is 0 Å². The molecule has 0 radical (unpaired) electrons. The maximum Gasteiger partial charge on any atom is 0.179 e. The zero-order valence-electron chi connectivity index (χ0n) is 9.73. The van der Waals surface area contributed by atoms with Crippen LogP contribution in [0.2, 0.25) is 0 Å². The minimum absolute atomic E-state index is 0.119. The molecule has 0 saturated heterocycles. The van der Waals surface area contributed by atoms with Gasteiger partial charge in [0.25, 0.3) is 0 Å². The molecule has 0 heterocycles. The van der Waals surface area contributed by atoms with Crippen LogP contribution >= 0.6 is 0 Å². The third-order valence-corrected chi connectivity index (χ3v) is 4.70. The zero-order chi connectivity index (χ0) is 12.4. The number of Topliss-reactive ketones (excluding diaryl/α,β-unsaturated/α-hetero) is 1. The Kier molecular flexibility index (Phi) is 3.53. The first-order valence-electron chi connectivity index (χ1n) is 5.04. The van der Waals surface area contributed by atoms with Gasteiger partial charge in [0.05, 0.1) is 10.6 Å². The molecular weight excluding hydrogens is 224 g/mol. The van der Waals surface area contributed by atoms with Gasteiger partial charge in [-0.05, 0) is 19.1 Å². The fraction of sp³-hybridized carbons (Fsp3) is 0.417. The molecular formula is C12H16O3S. The van der Waals surface area contributed by atoms with E-state index < -0.39 is 15.3 Å². The van der Waals surface area contributed by atoms with Crippen molar-refractivity contribution in [1.29, 1.82) is 0 Å². The molecule has 0 bridgehead atoms. The van der Waals surface area contributed by atoms with E-state index >= 15 is 0 Å². The largest absolute Gasteiger partial charge is 0.299 e. The fourth-order valence-electron chi connectivity index (χ4n) is 1.29. The summed E-state index contributed by atoms with van der Waals surface area (Å²) in [6, 6.07) is 8.20. The van der Waals surface area contributed by atoms with Gasteiger partial charge in [-0.3, -0.25) is 4.79 Å². The van der Waals surface area contributed by atoms with E-state index in [0.717, 1.165) is 0 Å². The Balaban J connectivity index is 3.03. The first-order valence-corrected chi connectivity index (χ1v) is 6.70. The predicted molar refractivity (Wildman–Crippen MR) is 63.0 cm³/mol. The molecule has 0 aromatic heterocycles. The normalized spacial score (nSPS) is 12.4. The molecule has 0 unspecified atom stereocenters. The Morgan fingerprint density at radius 1 is 1.19 bits per heavy atom. The SMILES string of the molecule is CC(=O)C(C)(C)CS(=O)(=O)c1ccccc1. The van der Waals surface area contributed by atoms with E-state index in [4.69, 9.17) is 0 Å². The highest BCUT2D eigenvalue weighted by Crippen LogP contribution is 2.23. The number of rotatable bonds is 4. The Labute approximate surface area is 96.4 Å². The lowest BCUT2D eigenvalue weighted by Gasteiger charge is -2.20. The van der Waals surface area contributed by atoms with Gasteiger partial charge in [0.1, 0.15) is 5.78 Å². The van der Waals surface area contributed by atoms with Crippen LogP contribution in [-0.2, 0) is 14.6 Å². The number of sulfone groups is 1. The molecule has 88 valence electrons. The second-order valence-electron chi connectivity index (χ2n) is 4.51. The van der Waals surface area contributed by atoms with Crippen molar-refractivity contribution < 1.29 is 13.2 Å². The molecule has 4 heteroatoms. The summed E-state index contributed by atoms with van der Waals surface area (Å²) in [5, 5.41) is 0. The highest BCUT2D eigenvalue weighted by Gasteiger charge is 2.31. The quantitative estimate of drug-likeness (QED) is 0.809. The lowest BCUT2D eigenvalue weighted by atomic mass is 9.92. The van der Waals surface area contributed by atoms with Crippen LogP contribution < -0.4 is 0 Å². The van der Waals surface area contributed by atoms with Crippen molar-refractivity contribution in [2.24, 2.45) is 5.41 Å². The van der Waals surface area contributed by atoms with Crippen LogP contribution in [-0.4, -0.2) is 20.0 Å². The van der Waals surface area contributed by atoms with Crippen LogP contribution in [0.15, 0.2) is 35.2 Å². The molecule has 16 heavy (non-hydrogen) atoms. The zero-order valence-corrected chi connectivity index (χ0v) is 10.5. The first-order chi connectivity index (χ1) is 7.26. The van der Waals surface area contributed by atoms with Gasteiger partial charge in [0.15, 0.2) is 9.84 Å². The van der Waals surface area contributed by atoms with Gasteiger partial charge in [-0.15, -0.1) is 0 Å². The Morgan fingerprint density at radius 3 is 2.12 bits per heavy atom. The van der Waals surface area contributed by atoms with Crippen LogP contribution in [0.5, 0.6) is 0 Å². The summed E-state index contributed by atoms with van der Waals surface area (Å²) >= 11 is 0. The van der Waals surface area contributed by atoms with Crippen LogP contribution in [0.25, 0.3) is 0 Å². The fourth-order valence-corrected chi connectivity index (χ4v) is 3.18. The monoisotopic (exact) mass is 240 g/mol. The lowest BCUT2D eigenvalue weighted by Crippen LogP contribution is -2.30. The van der Waals surface area contributed by atoms with E-state index in [1.54, 1.807) is 44.2 Å². The molecule has 0 fully saturated rings. The summed E-state index contributed by atoms with van der Waals surface area (Å²) in [6.07, 6.45) is 0. The van der Waals surface area contributed by atoms with Crippen molar-refractivity contribution in [3.8, 4) is 0 Å². The second kappa shape index (κ2) is 4.37. The maximum atomic E-state index is 12.0. The average Bonchev–Trinajstić information content (AvgIpc) is 2.17. The number of carbonyl (C=O) groups excluding carboxylic acids is 1. The standard InChI is InChI=1S/C12H16O3S/c1-10(13)12(2,3)9-16(14,15)11-7-5-4-6-8-11/h4-8H,9H2,1-3H3. The minimum atomic E-state index is -3.38. The molecule has 0 spiro atoms. The number of benzene rings is 1. The van der Waals surface area contributed by atoms with Crippen LogP contribution in [0.3, 0.4) is 0 Å². The van der Waals surface area contributed by atoms with E-state index in [2.05, 4.69) is 0 Å². The molecule has 0 amide bonds. The highest BCUT2D eigenvalue weighted by molar-refractivity contribution is 7.91. The second-order valence-corrected chi connectivity index (χ2v) is 6.50. The molecule has 0 atom stereocenters. The van der Waals surface area contributed by atoms with Crippen molar-refractivity contribution in [3.05, 3.63) is 30.3 Å². The molecule has 0 aliphatic heterocycles. The van der Waals surface area contributed by atoms with Gasteiger partial charge >= 0.3 is 0 Å². The highest BCUT2D eigenvalue weighted by atomic mass is 32.2. The molecule has 0 aliphatic rings. The first kappa shape index (κ1) is 12.9. The van der Waals surface area contributed by atoms with Gasteiger partial charge in [-0.25, -0.2) is 8.42 Å². The molecule has 0 aliphatic carbocycles. The predicted octanol–water partition coefficient (Wildman–Crippen LogP) is 2.08. The van der Waals surface area contributed by atoms with Gasteiger partial charge in [-0.2, -0.15) is 0 Å². The van der Waals surface area contributed by atoms with Crippen molar-refractivity contribution in [3.63, 3.8) is 0 Å². The van der Waals surface area contributed by atoms with Crippen molar-refractivity contribution in [2.45, 2.75) is 25.7 Å². The molecule has 1 rings (SSSR count). The van der Waals surface area contributed by atoms with E-state index in [0.29, 0.717) is 0 Å². The summed E-state index contributed by atoms with van der Waals surface area (Å²) in [5.41, 5.74) is -0.839. The number of hydrogen-bond donors (Lipinski definition) is 0. The molecule has 1 aromatic rings. The molecule has 0 saturated carbocycles. The molecule has 3 nitrogen and oxygen atoms in total. The van der Waals surface area contributed by atoms with Crippen molar-refractivity contribution >= 4 is 15.6 Å². The van der Waals surface area contributed by atoms with Gasteiger partial charge in [-0.1, -0.05) is 32.0 Å². The van der Waals surface area contributed by atoms with Crippen molar-refractivity contribution in [1.82, 2.24) is 0 Å². The van der Waals surface area contributed by atoms with Crippen LogP contribution in [0.1, 0.15) is 20.8 Å². The molecule has 1 aromatic carbocycles. The van der Waals surface area contributed by atoms with Crippen LogP contribution in [0, 0.1) is 5.41 Å². The minimum Gasteiger partial charge on any atom is -0.299 e. The number of carbonyl (C=O) groups is 1. The van der Waals surface area contributed by atoms with E-state index in [9.17, 15) is 13.2 Å². The smallest absolute Gasteiger partial charge is 0.179 e. The van der Waals surface area contributed by atoms with Gasteiger partial charge < -0.3 is 0 Å². The van der Waals surface area contributed by atoms with Crippen molar-refractivity contribution in [2.75, 3.05) is 5.75 Å². The maximum absolute atomic E-state index is 12.0. The molecule has 0 N–H and O–H groups in total. The number of hydrogen-bond acceptors (Lipinski definition) is 3. The summed E-state index contributed by atoms with van der Waals surface area (Å²) in [7, 11) is -3.38. The third kappa shape index (κ3) is 2.92.